The van der Waals surface area contributed by atoms with Crippen molar-refractivity contribution in [3.8, 4) is 0 Å². The molecule has 0 spiro atoms. The van der Waals surface area contributed by atoms with Crippen molar-refractivity contribution >= 4 is 18.0 Å². The molecule has 0 bridgehead atoms. The molecule has 1 aliphatic rings. The van der Waals surface area contributed by atoms with Crippen molar-refractivity contribution in [1.29, 1.82) is 0 Å². The molecule has 0 aliphatic carbocycles. The maximum atomic E-state index is 12.0. The number of hydrogen-bond acceptors (Lipinski definition) is 2. The van der Waals surface area contributed by atoms with Gasteiger partial charge < -0.3 is 10.0 Å². The normalized spacial score (nSPS) is 19.0. The van der Waals surface area contributed by atoms with E-state index in [-0.39, 0.29) is 5.91 Å². The van der Waals surface area contributed by atoms with Gasteiger partial charge in [0, 0.05) is 12.6 Å². The first-order chi connectivity index (χ1) is 9.09. The zero-order valence-corrected chi connectivity index (χ0v) is 10.9. The van der Waals surface area contributed by atoms with E-state index in [2.05, 4.69) is 0 Å². The Labute approximate surface area is 112 Å². The number of carboxylic acid groups (broad SMARTS) is 1. The number of benzene rings is 1. The fourth-order valence-electron chi connectivity index (χ4n) is 2.32. The molecule has 1 heterocycles. The molecule has 2 rings (SSSR count). The maximum absolute atomic E-state index is 12.0. The molecule has 0 aromatic heterocycles. The number of rotatable bonds is 3. The number of carbonyl (C=O) groups is 2. The van der Waals surface area contributed by atoms with Gasteiger partial charge in [-0.05, 0) is 37.0 Å². The minimum atomic E-state index is -0.921. The fourth-order valence-corrected chi connectivity index (χ4v) is 2.32. The molecule has 1 N–H and O–H groups in total. The van der Waals surface area contributed by atoms with Gasteiger partial charge in [-0.1, -0.05) is 24.3 Å². The molecular weight excluding hydrogens is 242 g/mol. The Balaban J connectivity index is 2.09. The van der Waals surface area contributed by atoms with Crippen LogP contribution in [0.3, 0.4) is 0 Å². The van der Waals surface area contributed by atoms with E-state index < -0.39 is 12.0 Å². The molecule has 0 saturated carbocycles. The Morgan fingerprint density at radius 3 is 2.79 bits per heavy atom. The summed E-state index contributed by atoms with van der Waals surface area (Å²) in [4.78, 5) is 24.5. The minimum absolute atomic E-state index is 0.229. The zero-order chi connectivity index (χ0) is 13.8. The highest BCUT2D eigenvalue weighted by molar-refractivity contribution is 5.94. The van der Waals surface area contributed by atoms with Crippen molar-refractivity contribution in [3.05, 3.63) is 41.5 Å². The van der Waals surface area contributed by atoms with Gasteiger partial charge in [-0.15, -0.1) is 0 Å². The van der Waals surface area contributed by atoms with Crippen LogP contribution in [0.5, 0.6) is 0 Å². The van der Waals surface area contributed by atoms with Crippen LogP contribution in [0, 0.1) is 6.92 Å². The zero-order valence-electron chi connectivity index (χ0n) is 10.9. The van der Waals surface area contributed by atoms with E-state index in [0.717, 1.165) is 17.5 Å². The van der Waals surface area contributed by atoms with Gasteiger partial charge in [-0.2, -0.15) is 0 Å². The van der Waals surface area contributed by atoms with Crippen molar-refractivity contribution < 1.29 is 14.7 Å². The Bertz CT molecular complexity index is 522. The molecule has 1 fully saturated rings. The van der Waals surface area contributed by atoms with Crippen LogP contribution in [0.15, 0.2) is 30.3 Å². The van der Waals surface area contributed by atoms with Crippen LogP contribution < -0.4 is 0 Å². The van der Waals surface area contributed by atoms with Gasteiger partial charge in [0.25, 0.3) is 0 Å². The van der Waals surface area contributed by atoms with E-state index in [4.69, 9.17) is 5.11 Å². The highest BCUT2D eigenvalue weighted by atomic mass is 16.4. The molecular formula is C15H17NO3. The Kier molecular flexibility index (Phi) is 4.00. The minimum Gasteiger partial charge on any atom is -0.480 e. The van der Waals surface area contributed by atoms with Crippen LogP contribution in [0.1, 0.15) is 24.0 Å². The summed E-state index contributed by atoms with van der Waals surface area (Å²) in [5.74, 6) is -1.15. The van der Waals surface area contributed by atoms with Crippen LogP contribution in [0.2, 0.25) is 0 Å². The van der Waals surface area contributed by atoms with Crippen LogP contribution in [0.4, 0.5) is 0 Å². The first-order valence-corrected chi connectivity index (χ1v) is 6.36. The second kappa shape index (κ2) is 5.69. The maximum Gasteiger partial charge on any atom is 0.326 e. The Hall–Kier alpha value is -2.10. The predicted molar refractivity (Wildman–Crippen MR) is 72.6 cm³/mol. The number of carboxylic acids is 1. The molecule has 4 nitrogen and oxygen atoms in total. The van der Waals surface area contributed by atoms with Gasteiger partial charge in [0.15, 0.2) is 0 Å². The van der Waals surface area contributed by atoms with Gasteiger partial charge >= 0.3 is 5.97 Å². The summed E-state index contributed by atoms with van der Waals surface area (Å²) in [5, 5.41) is 9.04. The van der Waals surface area contributed by atoms with Crippen LogP contribution in [-0.2, 0) is 9.59 Å². The molecule has 1 saturated heterocycles. The van der Waals surface area contributed by atoms with E-state index in [0.29, 0.717) is 13.0 Å². The van der Waals surface area contributed by atoms with E-state index in [1.165, 1.54) is 11.0 Å². The number of likely N-dealkylation sites (tertiary alicyclic amines) is 1. The van der Waals surface area contributed by atoms with E-state index in [9.17, 15) is 9.59 Å². The lowest BCUT2D eigenvalue weighted by atomic mass is 10.1. The lowest BCUT2D eigenvalue weighted by Crippen LogP contribution is -2.39. The van der Waals surface area contributed by atoms with Gasteiger partial charge in [0.2, 0.25) is 5.91 Å². The molecule has 0 radical (unpaired) electrons. The number of amides is 1. The first-order valence-electron chi connectivity index (χ1n) is 6.36. The Morgan fingerprint density at radius 2 is 2.11 bits per heavy atom. The number of nitrogens with zero attached hydrogens (tertiary/aromatic N) is 1. The van der Waals surface area contributed by atoms with Crippen molar-refractivity contribution in [2.24, 2.45) is 0 Å². The quantitative estimate of drug-likeness (QED) is 0.845. The summed E-state index contributed by atoms with van der Waals surface area (Å²) in [6.07, 6.45) is 4.50. The van der Waals surface area contributed by atoms with Gasteiger partial charge in [-0.25, -0.2) is 4.79 Å². The highest BCUT2D eigenvalue weighted by Crippen LogP contribution is 2.18. The molecule has 1 aliphatic heterocycles. The lowest BCUT2D eigenvalue weighted by Gasteiger charge is -2.19. The third-order valence-corrected chi connectivity index (χ3v) is 3.41. The van der Waals surface area contributed by atoms with E-state index >= 15 is 0 Å². The van der Waals surface area contributed by atoms with Gasteiger partial charge in [0.1, 0.15) is 6.04 Å². The number of aliphatic carboxylic acids is 1. The van der Waals surface area contributed by atoms with Gasteiger partial charge in [-0.3, -0.25) is 4.79 Å². The monoisotopic (exact) mass is 259 g/mol. The third-order valence-electron chi connectivity index (χ3n) is 3.41. The number of hydrogen-bond donors (Lipinski definition) is 1. The summed E-state index contributed by atoms with van der Waals surface area (Å²) < 4.78 is 0. The molecule has 0 unspecified atom stereocenters. The molecule has 19 heavy (non-hydrogen) atoms. The summed E-state index contributed by atoms with van der Waals surface area (Å²) >= 11 is 0. The molecule has 1 atom stereocenters. The second-order valence-electron chi connectivity index (χ2n) is 4.72. The van der Waals surface area contributed by atoms with Gasteiger partial charge in [0.05, 0.1) is 0 Å². The van der Waals surface area contributed by atoms with Crippen molar-refractivity contribution in [1.82, 2.24) is 4.90 Å². The summed E-state index contributed by atoms with van der Waals surface area (Å²) in [7, 11) is 0. The standard InChI is InChI=1S/C15H17NO3/c1-11-5-2-3-6-12(11)8-9-14(17)16-10-4-7-13(16)15(18)19/h2-3,5-6,8-9,13H,4,7,10H2,1H3,(H,18,19)/b9-8+/t13-/m1/s1. The average molecular weight is 259 g/mol. The van der Waals surface area contributed by atoms with Crippen LogP contribution in [0.25, 0.3) is 6.08 Å². The largest absolute Gasteiger partial charge is 0.480 e. The topological polar surface area (TPSA) is 57.6 Å². The van der Waals surface area contributed by atoms with Crippen molar-refractivity contribution in [3.63, 3.8) is 0 Å². The highest BCUT2D eigenvalue weighted by Gasteiger charge is 2.32. The van der Waals surface area contributed by atoms with Crippen LogP contribution >= 0.6 is 0 Å². The number of carbonyl (C=O) groups excluding carboxylic acids is 1. The fraction of sp³-hybridized carbons (Fsp3) is 0.333. The molecule has 1 aromatic rings. The van der Waals surface area contributed by atoms with Crippen molar-refractivity contribution in [2.75, 3.05) is 6.54 Å². The van der Waals surface area contributed by atoms with Crippen LogP contribution in [-0.4, -0.2) is 34.5 Å². The van der Waals surface area contributed by atoms with Crippen molar-refractivity contribution in [2.45, 2.75) is 25.8 Å². The molecule has 4 heteroatoms. The van der Waals surface area contributed by atoms with E-state index in [1.807, 2.05) is 31.2 Å². The summed E-state index contributed by atoms with van der Waals surface area (Å²) in [5.41, 5.74) is 2.06. The Morgan fingerprint density at radius 1 is 1.37 bits per heavy atom. The number of aryl methyl sites for hydroxylation is 1. The summed E-state index contributed by atoms with van der Waals surface area (Å²) in [6.45, 7) is 2.49. The first kappa shape index (κ1) is 13.3. The van der Waals surface area contributed by atoms with E-state index in [1.54, 1.807) is 6.08 Å². The average Bonchev–Trinajstić information content (AvgIpc) is 2.87. The predicted octanol–water partition coefficient (Wildman–Crippen LogP) is 2.08. The third kappa shape index (κ3) is 3.02. The molecule has 100 valence electrons. The summed E-state index contributed by atoms with van der Waals surface area (Å²) in [6, 6.07) is 7.08. The second-order valence-corrected chi connectivity index (χ2v) is 4.72. The molecule has 1 amide bonds. The SMILES string of the molecule is Cc1ccccc1/C=C/C(=O)N1CCC[C@@H]1C(=O)O. The smallest absolute Gasteiger partial charge is 0.326 e. The lowest BCUT2D eigenvalue weighted by molar-refractivity contribution is -0.146. The molecule has 1 aromatic carbocycles.